The van der Waals surface area contributed by atoms with E-state index in [9.17, 15) is 10.2 Å². The zero-order valence-electron chi connectivity index (χ0n) is 13.6. The summed E-state index contributed by atoms with van der Waals surface area (Å²) in [6, 6.07) is 14.2. The predicted octanol–water partition coefficient (Wildman–Crippen LogP) is 3.10. The number of nitrogens with zero attached hydrogens (tertiary/aromatic N) is 1. The molecule has 24 heavy (non-hydrogen) atoms. The van der Waals surface area contributed by atoms with Crippen LogP contribution >= 0.6 is 0 Å². The molecule has 5 nitrogen and oxygen atoms in total. The molecule has 3 aromatic rings. The van der Waals surface area contributed by atoms with E-state index in [-0.39, 0.29) is 12.3 Å². The van der Waals surface area contributed by atoms with Crippen molar-refractivity contribution in [3.8, 4) is 22.8 Å². The molecule has 0 amide bonds. The van der Waals surface area contributed by atoms with Crippen molar-refractivity contribution in [1.82, 2.24) is 0 Å². The van der Waals surface area contributed by atoms with Crippen LogP contribution in [0.25, 0.3) is 22.3 Å². The molecular formula is C19H19NO4. The SMILES string of the molecule is COc1ccc(-c2cc(=NC[C@H](C)O)c3cc(O)ccc3o2)cc1. The molecule has 0 saturated carbocycles. The molecule has 1 atom stereocenters. The highest BCUT2D eigenvalue weighted by atomic mass is 16.5. The van der Waals surface area contributed by atoms with Crippen molar-refractivity contribution >= 4 is 11.0 Å². The van der Waals surface area contributed by atoms with Gasteiger partial charge in [0.25, 0.3) is 0 Å². The number of phenolic OH excluding ortho intramolecular Hbond substituents is 1. The van der Waals surface area contributed by atoms with Gasteiger partial charge in [0.05, 0.1) is 25.1 Å². The Morgan fingerprint density at radius 3 is 2.54 bits per heavy atom. The first-order valence-corrected chi connectivity index (χ1v) is 7.66. The second-order valence-electron chi connectivity index (χ2n) is 5.59. The minimum Gasteiger partial charge on any atom is -0.508 e. The van der Waals surface area contributed by atoms with Gasteiger partial charge in [-0.25, -0.2) is 0 Å². The molecule has 0 fully saturated rings. The molecule has 0 aliphatic carbocycles. The molecule has 1 aromatic heterocycles. The van der Waals surface area contributed by atoms with Crippen LogP contribution in [0.3, 0.4) is 0 Å². The highest BCUT2D eigenvalue weighted by Gasteiger charge is 2.07. The number of ether oxygens (including phenoxy) is 1. The van der Waals surface area contributed by atoms with E-state index < -0.39 is 6.10 Å². The number of phenols is 1. The smallest absolute Gasteiger partial charge is 0.137 e. The Labute approximate surface area is 139 Å². The summed E-state index contributed by atoms with van der Waals surface area (Å²) in [4.78, 5) is 4.45. The number of fused-ring (bicyclic) bond motifs is 1. The van der Waals surface area contributed by atoms with Gasteiger partial charge in [0.2, 0.25) is 0 Å². The molecule has 2 aromatic carbocycles. The molecular weight excluding hydrogens is 306 g/mol. The molecule has 0 spiro atoms. The molecule has 3 rings (SSSR count). The van der Waals surface area contributed by atoms with E-state index in [1.165, 1.54) is 0 Å². The Morgan fingerprint density at radius 2 is 1.88 bits per heavy atom. The molecule has 0 unspecified atom stereocenters. The van der Waals surface area contributed by atoms with Crippen LogP contribution in [0.4, 0.5) is 0 Å². The second-order valence-corrected chi connectivity index (χ2v) is 5.59. The third kappa shape index (κ3) is 3.41. The van der Waals surface area contributed by atoms with Gasteiger partial charge in [-0.2, -0.15) is 0 Å². The van der Waals surface area contributed by atoms with Crippen molar-refractivity contribution < 1.29 is 19.4 Å². The molecule has 0 radical (unpaired) electrons. The number of hydrogen-bond donors (Lipinski definition) is 2. The average molecular weight is 325 g/mol. The van der Waals surface area contributed by atoms with E-state index in [0.717, 1.165) is 11.3 Å². The van der Waals surface area contributed by atoms with Crippen molar-refractivity contribution in [3.05, 3.63) is 53.9 Å². The lowest BCUT2D eigenvalue weighted by Gasteiger charge is -2.07. The summed E-state index contributed by atoms with van der Waals surface area (Å²) in [5.74, 6) is 1.56. The second kappa shape index (κ2) is 6.76. The zero-order valence-corrected chi connectivity index (χ0v) is 13.6. The molecule has 5 heteroatoms. The normalized spacial score (nSPS) is 13.2. The van der Waals surface area contributed by atoms with Gasteiger partial charge < -0.3 is 19.4 Å². The van der Waals surface area contributed by atoms with Gasteiger partial charge in [0, 0.05) is 17.0 Å². The summed E-state index contributed by atoms with van der Waals surface area (Å²) in [6.07, 6.45) is -0.543. The summed E-state index contributed by atoms with van der Waals surface area (Å²) in [7, 11) is 1.62. The van der Waals surface area contributed by atoms with Gasteiger partial charge in [-0.3, -0.25) is 4.99 Å². The minimum atomic E-state index is -0.543. The van der Waals surface area contributed by atoms with Crippen molar-refractivity contribution in [1.29, 1.82) is 0 Å². The fraction of sp³-hybridized carbons (Fsp3) is 0.211. The first kappa shape index (κ1) is 16.1. The Kier molecular flexibility index (Phi) is 4.53. The highest BCUT2D eigenvalue weighted by molar-refractivity contribution is 5.80. The van der Waals surface area contributed by atoms with Gasteiger partial charge in [0.1, 0.15) is 22.8 Å². The number of aromatic hydroxyl groups is 1. The molecule has 2 N–H and O–H groups in total. The molecule has 124 valence electrons. The third-order valence-corrected chi connectivity index (χ3v) is 3.63. The summed E-state index contributed by atoms with van der Waals surface area (Å²) in [5.41, 5.74) is 1.50. The fourth-order valence-corrected chi connectivity index (χ4v) is 2.42. The Hall–Kier alpha value is -2.79. The first-order valence-electron chi connectivity index (χ1n) is 7.66. The molecule has 0 aliphatic rings. The van der Waals surface area contributed by atoms with Crippen LogP contribution in [0.5, 0.6) is 11.5 Å². The minimum absolute atomic E-state index is 0.142. The number of benzene rings is 2. The van der Waals surface area contributed by atoms with Gasteiger partial charge >= 0.3 is 0 Å². The molecule has 0 bridgehead atoms. The van der Waals surface area contributed by atoms with Crippen LogP contribution in [0.2, 0.25) is 0 Å². The average Bonchev–Trinajstić information content (AvgIpc) is 2.59. The van der Waals surface area contributed by atoms with Crippen LogP contribution in [-0.2, 0) is 0 Å². The van der Waals surface area contributed by atoms with Gasteiger partial charge in [0.15, 0.2) is 0 Å². The molecule has 0 aliphatic heterocycles. The van der Waals surface area contributed by atoms with E-state index in [2.05, 4.69) is 4.99 Å². The van der Waals surface area contributed by atoms with Crippen molar-refractivity contribution in [2.24, 2.45) is 4.99 Å². The van der Waals surface area contributed by atoms with Crippen molar-refractivity contribution in [2.75, 3.05) is 13.7 Å². The maximum Gasteiger partial charge on any atom is 0.137 e. The third-order valence-electron chi connectivity index (χ3n) is 3.63. The summed E-state index contributed by atoms with van der Waals surface area (Å²) in [6.45, 7) is 1.96. The fourth-order valence-electron chi connectivity index (χ4n) is 2.42. The number of aliphatic hydroxyl groups excluding tert-OH is 1. The van der Waals surface area contributed by atoms with Gasteiger partial charge in [-0.1, -0.05) is 0 Å². The van der Waals surface area contributed by atoms with E-state index in [1.807, 2.05) is 30.3 Å². The Balaban J connectivity index is 2.18. The van der Waals surface area contributed by atoms with Crippen LogP contribution < -0.4 is 10.1 Å². The van der Waals surface area contributed by atoms with Gasteiger partial charge in [-0.05, 0) is 49.4 Å². The van der Waals surface area contributed by atoms with E-state index in [0.29, 0.717) is 22.1 Å². The summed E-state index contributed by atoms with van der Waals surface area (Å²) < 4.78 is 11.1. The first-order chi connectivity index (χ1) is 11.6. The Bertz CT molecular complexity index is 911. The number of hydrogen-bond acceptors (Lipinski definition) is 5. The maximum absolute atomic E-state index is 9.73. The topological polar surface area (TPSA) is 75.2 Å². The van der Waals surface area contributed by atoms with Crippen LogP contribution in [0.15, 0.2) is 57.9 Å². The van der Waals surface area contributed by atoms with Crippen molar-refractivity contribution in [2.45, 2.75) is 13.0 Å². The van der Waals surface area contributed by atoms with E-state index in [1.54, 1.807) is 32.2 Å². The highest BCUT2D eigenvalue weighted by Crippen LogP contribution is 2.25. The number of rotatable bonds is 4. The van der Waals surface area contributed by atoms with Gasteiger partial charge in [-0.15, -0.1) is 0 Å². The largest absolute Gasteiger partial charge is 0.508 e. The summed E-state index contributed by atoms with van der Waals surface area (Å²) >= 11 is 0. The number of methoxy groups -OCH3 is 1. The predicted molar refractivity (Wildman–Crippen MR) is 92.0 cm³/mol. The molecule has 1 heterocycles. The van der Waals surface area contributed by atoms with Crippen molar-refractivity contribution in [3.63, 3.8) is 0 Å². The Morgan fingerprint density at radius 1 is 1.12 bits per heavy atom. The van der Waals surface area contributed by atoms with Crippen LogP contribution in [-0.4, -0.2) is 30.0 Å². The van der Waals surface area contributed by atoms with E-state index >= 15 is 0 Å². The lowest BCUT2D eigenvalue weighted by atomic mass is 10.1. The molecule has 0 saturated heterocycles. The summed E-state index contributed by atoms with van der Waals surface area (Å²) in [5, 5.41) is 20.6. The maximum atomic E-state index is 9.73. The van der Waals surface area contributed by atoms with Crippen LogP contribution in [0, 0.1) is 0 Å². The van der Waals surface area contributed by atoms with E-state index in [4.69, 9.17) is 9.15 Å². The quantitative estimate of drug-likeness (QED) is 0.773. The van der Waals surface area contributed by atoms with Crippen LogP contribution in [0.1, 0.15) is 6.92 Å². The zero-order chi connectivity index (χ0) is 17.1. The lowest BCUT2D eigenvalue weighted by molar-refractivity contribution is 0.203. The number of aliphatic hydroxyl groups is 1. The lowest BCUT2D eigenvalue weighted by Crippen LogP contribution is -2.11. The monoisotopic (exact) mass is 325 g/mol. The standard InChI is InChI=1S/C19H19NO4/c1-12(21)11-20-17-10-19(13-3-6-15(23-2)7-4-13)24-18-8-5-14(22)9-16(17)18/h3-10,12,21-22H,11H2,1-2H3/t12-/m0/s1.